The fourth-order valence-electron chi connectivity index (χ4n) is 8.91. The normalized spacial score (nSPS) is 13.8. The Hall–Kier alpha value is -1.37. The lowest BCUT2D eigenvalue weighted by molar-refractivity contribution is -0.194. The summed E-state index contributed by atoms with van der Waals surface area (Å²) in [7, 11) is 0. The van der Waals surface area contributed by atoms with Crippen LogP contribution in [-0.4, -0.2) is 50.5 Å². The summed E-state index contributed by atoms with van der Waals surface area (Å²) in [4.78, 5) is 41.2. The van der Waals surface area contributed by atoms with Crippen LogP contribution in [0.5, 0.6) is 0 Å². The van der Waals surface area contributed by atoms with Gasteiger partial charge in [0.25, 0.3) is 0 Å². The molecule has 0 heterocycles. The van der Waals surface area contributed by atoms with Gasteiger partial charge in [0.2, 0.25) is 5.60 Å². The Kier molecular flexibility index (Phi) is 42.9. The van der Waals surface area contributed by atoms with Crippen LogP contribution >= 0.6 is 0 Å². The number of ketones is 3. The highest BCUT2D eigenvalue weighted by molar-refractivity contribution is 6.16. The Morgan fingerprint density at radius 1 is 0.328 bits per heavy atom. The van der Waals surface area contributed by atoms with Crippen LogP contribution in [0.15, 0.2) is 12.2 Å². The molecule has 0 radical (unpaired) electrons. The van der Waals surface area contributed by atoms with E-state index in [1.807, 2.05) is 0 Å². The first kappa shape index (κ1) is 59.6. The number of carbonyl (C=O) groups is 3. The molecule has 0 amide bonds. The zero-order valence-electron chi connectivity index (χ0n) is 41.0. The second kappa shape index (κ2) is 43.9. The van der Waals surface area contributed by atoms with Crippen molar-refractivity contribution in [3.63, 3.8) is 0 Å². The second-order valence-corrected chi connectivity index (χ2v) is 19.0. The third kappa shape index (κ3) is 31.2. The van der Waals surface area contributed by atoms with E-state index in [9.17, 15) is 29.7 Å². The van der Waals surface area contributed by atoms with Crippen molar-refractivity contribution in [1.29, 1.82) is 0 Å². The minimum Gasteiger partial charge on any atom is -0.393 e. The van der Waals surface area contributed by atoms with E-state index in [1.54, 1.807) is 0 Å². The Morgan fingerprint density at radius 3 is 0.787 bits per heavy atom. The highest BCUT2D eigenvalue weighted by atomic mass is 16.4. The van der Waals surface area contributed by atoms with E-state index in [0.717, 1.165) is 77.0 Å². The van der Waals surface area contributed by atoms with Crippen LogP contribution in [0.1, 0.15) is 303 Å². The molecule has 6 heteroatoms. The second-order valence-electron chi connectivity index (χ2n) is 19.0. The topological polar surface area (TPSA) is 112 Å². The number of rotatable bonds is 50. The van der Waals surface area contributed by atoms with E-state index >= 15 is 0 Å². The maximum Gasteiger partial charge on any atom is 0.219 e. The zero-order chi connectivity index (χ0) is 45.0. The van der Waals surface area contributed by atoms with Crippen molar-refractivity contribution < 1.29 is 29.7 Å². The summed E-state index contributed by atoms with van der Waals surface area (Å²) < 4.78 is 0. The largest absolute Gasteiger partial charge is 0.393 e. The van der Waals surface area contributed by atoms with E-state index in [1.165, 1.54) is 167 Å². The predicted molar refractivity (Wildman–Crippen MR) is 261 cm³/mol. The molecule has 0 aliphatic rings. The molecule has 0 spiro atoms. The molecule has 0 fully saturated rings. The summed E-state index contributed by atoms with van der Waals surface area (Å²) in [5.74, 6) is -2.45. The van der Waals surface area contributed by atoms with Gasteiger partial charge in [-0.3, -0.25) is 14.4 Å². The van der Waals surface area contributed by atoms with Crippen molar-refractivity contribution in [2.75, 3.05) is 6.61 Å². The van der Waals surface area contributed by atoms with E-state index in [0.29, 0.717) is 19.3 Å². The molecule has 2 atom stereocenters. The van der Waals surface area contributed by atoms with Gasteiger partial charge in [0.15, 0.2) is 23.0 Å². The molecule has 0 saturated heterocycles. The lowest BCUT2D eigenvalue weighted by Crippen LogP contribution is -2.69. The molecule has 0 aromatic rings. The first-order chi connectivity index (χ1) is 29.8. The molecule has 0 saturated carbocycles. The lowest BCUT2D eigenvalue weighted by atomic mass is 9.71. The number of aliphatic hydroxyl groups is 3. The van der Waals surface area contributed by atoms with Gasteiger partial charge in [-0.2, -0.15) is 0 Å². The molecule has 0 bridgehead atoms. The molecular weight excluding hydrogens is 757 g/mol. The number of hydrogen-bond donors (Lipinski definition) is 3. The lowest BCUT2D eigenvalue weighted by Gasteiger charge is -2.39. The van der Waals surface area contributed by atoms with Crippen LogP contribution < -0.4 is 0 Å². The Bertz CT molecular complexity index is 1020. The molecule has 61 heavy (non-hydrogen) atoms. The van der Waals surface area contributed by atoms with Gasteiger partial charge in [-0.25, -0.2) is 0 Å². The van der Waals surface area contributed by atoms with Gasteiger partial charge in [0.05, 0.1) is 6.61 Å². The fraction of sp³-hybridized carbons (Fsp3) is 0.909. The standard InChI is InChI=1S/C55H104O6/c1-4-7-10-13-16-19-22-25-27-30-33-36-39-42-45-48-52(58)55(61,53(59)49-46-43-40-37-34-31-28-26-23-20-17-14-11-8-5-2)54(60,50-56)51(57)47-44-41-38-35-32-29-24-21-18-15-12-9-6-3/h25,27,56,60-61H,4-24,26,28-50H2,1-3H3/b27-25-. The van der Waals surface area contributed by atoms with Crippen molar-refractivity contribution in [3.05, 3.63) is 12.2 Å². The smallest absolute Gasteiger partial charge is 0.219 e. The maximum absolute atomic E-state index is 13.8. The van der Waals surface area contributed by atoms with Crippen LogP contribution in [0.25, 0.3) is 0 Å². The summed E-state index contributed by atoms with van der Waals surface area (Å²) >= 11 is 0. The molecule has 2 unspecified atom stereocenters. The number of aliphatic hydroxyl groups excluding tert-OH is 1. The monoisotopic (exact) mass is 861 g/mol. The Morgan fingerprint density at radius 2 is 0.541 bits per heavy atom. The van der Waals surface area contributed by atoms with Crippen molar-refractivity contribution in [2.45, 2.75) is 314 Å². The number of allylic oxidation sites excluding steroid dienone is 2. The molecule has 3 N–H and O–H groups in total. The van der Waals surface area contributed by atoms with Crippen LogP contribution in [-0.2, 0) is 14.4 Å². The number of unbranched alkanes of at least 4 members (excludes halogenated alkanes) is 37. The fourth-order valence-corrected chi connectivity index (χ4v) is 8.91. The molecule has 360 valence electrons. The van der Waals surface area contributed by atoms with Crippen LogP contribution in [0, 0.1) is 0 Å². The minimum atomic E-state index is -2.92. The third-order valence-corrected chi connectivity index (χ3v) is 13.3. The summed E-state index contributed by atoms with van der Waals surface area (Å²) in [5, 5.41) is 34.1. The molecule has 6 nitrogen and oxygen atoms in total. The van der Waals surface area contributed by atoms with Crippen LogP contribution in [0.4, 0.5) is 0 Å². The molecule has 0 aliphatic carbocycles. The maximum atomic E-state index is 13.8. The van der Waals surface area contributed by atoms with Crippen molar-refractivity contribution in [3.8, 4) is 0 Å². The van der Waals surface area contributed by atoms with E-state index < -0.39 is 35.2 Å². The Labute approximate surface area is 379 Å². The zero-order valence-corrected chi connectivity index (χ0v) is 41.0. The van der Waals surface area contributed by atoms with Gasteiger partial charge in [0, 0.05) is 19.3 Å². The summed E-state index contributed by atoms with van der Waals surface area (Å²) in [6.45, 7) is 5.60. The third-order valence-electron chi connectivity index (χ3n) is 13.3. The highest BCUT2D eigenvalue weighted by Crippen LogP contribution is 2.32. The van der Waals surface area contributed by atoms with Gasteiger partial charge in [-0.1, -0.05) is 251 Å². The average molecular weight is 861 g/mol. The van der Waals surface area contributed by atoms with Crippen LogP contribution in [0.2, 0.25) is 0 Å². The van der Waals surface area contributed by atoms with E-state index in [-0.39, 0.29) is 19.3 Å². The van der Waals surface area contributed by atoms with Gasteiger partial charge in [-0.05, 0) is 44.9 Å². The quantitative estimate of drug-likeness (QED) is 0.0319. The number of carbonyl (C=O) groups excluding carboxylic acids is 3. The molecule has 0 rings (SSSR count). The summed E-state index contributed by atoms with van der Waals surface area (Å²) in [5.41, 5.74) is -5.75. The summed E-state index contributed by atoms with van der Waals surface area (Å²) in [6, 6.07) is 0. The van der Waals surface area contributed by atoms with Gasteiger partial charge in [0.1, 0.15) is 0 Å². The Balaban J connectivity index is 4.92. The molecule has 0 aromatic carbocycles. The van der Waals surface area contributed by atoms with Gasteiger partial charge < -0.3 is 15.3 Å². The first-order valence-electron chi connectivity index (χ1n) is 27.1. The van der Waals surface area contributed by atoms with Crippen molar-refractivity contribution in [1.82, 2.24) is 0 Å². The average Bonchev–Trinajstić information content (AvgIpc) is 3.26. The highest BCUT2D eigenvalue weighted by Gasteiger charge is 2.62. The predicted octanol–water partition coefficient (Wildman–Crippen LogP) is 15.9. The van der Waals surface area contributed by atoms with E-state index in [4.69, 9.17) is 0 Å². The van der Waals surface area contributed by atoms with Gasteiger partial charge >= 0.3 is 0 Å². The van der Waals surface area contributed by atoms with E-state index in [2.05, 4.69) is 32.9 Å². The van der Waals surface area contributed by atoms with Gasteiger partial charge in [-0.15, -0.1) is 0 Å². The molecular formula is C55H104O6. The summed E-state index contributed by atoms with van der Waals surface area (Å²) in [6.07, 6.45) is 51.3. The van der Waals surface area contributed by atoms with Crippen LogP contribution in [0.3, 0.4) is 0 Å². The molecule has 0 aliphatic heterocycles. The number of hydrogen-bond acceptors (Lipinski definition) is 6. The first-order valence-corrected chi connectivity index (χ1v) is 27.1. The minimum absolute atomic E-state index is 0.0793. The molecule has 0 aromatic heterocycles. The van der Waals surface area contributed by atoms with Crippen molar-refractivity contribution in [2.24, 2.45) is 0 Å². The number of Topliss-reactive ketones (excluding diaryl/α,β-unsaturated/α-hetero) is 3. The van der Waals surface area contributed by atoms with Crippen molar-refractivity contribution >= 4 is 17.3 Å². The SMILES string of the molecule is CCCCCCCC/C=C\CCCCCCCC(=O)C(O)(C(=O)CCCCCCCCCCCCCCCCC)C(O)(CO)C(=O)CCCCCCCCCCCCCCC.